The van der Waals surface area contributed by atoms with Crippen LogP contribution < -0.4 is 0 Å². The zero-order chi connectivity index (χ0) is 19.2. The van der Waals surface area contributed by atoms with Crippen LogP contribution in [0.5, 0.6) is 0 Å². The lowest BCUT2D eigenvalue weighted by Crippen LogP contribution is -2.47. The van der Waals surface area contributed by atoms with Crippen molar-refractivity contribution >= 4 is 32.3 Å². The molecule has 1 aliphatic carbocycles. The monoisotopic (exact) mass is 403 g/mol. The van der Waals surface area contributed by atoms with E-state index < -0.39 is 14.6 Å². The van der Waals surface area contributed by atoms with Gasteiger partial charge >= 0.3 is 0 Å². The quantitative estimate of drug-likeness (QED) is 0.686. The third kappa shape index (κ3) is 2.89. The van der Waals surface area contributed by atoms with Crippen molar-refractivity contribution < 1.29 is 13.2 Å². The summed E-state index contributed by atoms with van der Waals surface area (Å²) in [7, 11) is -2.01. The molecule has 0 bridgehead atoms. The highest BCUT2D eigenvalue weighted by molar-refractivity contribution is 7.92. The Balaban J connectivity index is 1.76. The molecular formula is C21H22ClNO3S. The highest BCUT2D eigenvalue weighted by Crippen LogP contribution is 2.43. The van der Waals surface area contributed by atoms with E-state index in [9.17, 15) is 8.42 Å². The van der Waals surface area contributed by atoms with Gasteiger partial charge < -0.3 is 9.72 Å². The number of H-pyrrole nitrogens is 1. The number of ether oxygens (including phenoxy) is 1. The summed E-state index contributed by atoms with van der Waals surface area (Å²) in [4.78, 5) is 3.79. The number of hydrogen-bond acceptors (Lipinski definition) is 3. The van der Waals surface area contributed by atoms with Gasteiger partial charge in [-0.3, -0.25) is 0 Å². The van der Waals surface area contributed by atoms with Gasteiger partial charge in [0.15, 0.2) is 9.84 Å². The predicted molar refractivity (Wildman–Crippen MR) is 108 cm³/mol. The second kappa shape index (κ2) is 6.66. The fourth-order valence-corrected chi connectivity index (χ4v) is 6.35. The Morgan fingerprint density at radius 2 is 1.93 bits per heavy atom. The van der Waals surface area contributed by atoms with Crippen molar-refractivity contribution in [3.63, 3.8) is 0 Å². The SMILES string of the molecule is COCC(C)(C1Cc2[nH]c3ccc(Cl)cc3c2C1)S(=O)(=O)c1ccccc1. The van der Waals surface area contributed by atoms with E-state index in [1.807, 2.05) is 31.2 Å². The third-order valence-electron chi connectivity index (χ3n) is 5.82. The van der Waals surface area contributed by atoms with Crippen molar-refractivity contribution in [2.45, 2.75) is 29.4 Å². The number of methoxy groups -OCH3 is 1. The van der Waals surface area contributed by atoms with Gasteiger partial charge in [-0.2, -0.15) is 0 Å². The number of hydrogen-bond donors (Lipinski definition) is 1. The first-order valence-corrected chi connectivity index (χ1v) is 10.8. The van der Waals surface area contributed by atoms with Gasteiger partial charge in [0.05, 0.1) is 11.5 Å². The molecule has 0 saturated heterocycles. The molecule has 142 valence electrons. The van der Waals surface area contributed by atoms with Gasteiger partial charge in [0.1, 0.15) is 4.75 Å². The normalized spacial score (nSPS) is 19.1. The fourth-order valence-electron chi connectivity index (χ4n) is 4.25. The first-order valence-electron chi connectivity index (χ1n) is 8.94. The number of aromatic amines is 1. The lowest BCUT2D eigenvalue weighted by atomic mass is 9.90. The van der Waals surface area contributed by atoms with Gasteiger partial charge in [0, 0.05) is 28.7 Å². The fraction of sp³-hybridized carbons (Fsp3) is 0.333. The molecule has 0 radical (unpaired) electrons. The first-order chi connectivity index (χ1) is 12.9. The summed E-state index contributed by atoms with van der Waals surface area (Å²) >= 11 is 6.18. The minimum Gasteiger partial charge on any atom is -0.383 e. The second-order valence-electron chi connectivity index (χ2n) is 7.44. The van der Waals surface area contributed by atoms with Gasteiger partial charge in [0.25, 0.3) is 0 Å². The molecule has 0 saturated carbocycles. The summed E-state index contributed by atoms with van der Waals surface area (Å²) in [6.07, 6.45) is 1.36. The summed E-state index contributed by atoms with van der Waals surface area (Å²) in [6.45, 7) is 1.96. The lowest BCUT2D eigenvalue weighted by Gasteiger charge is -2.34. The molecule has 0 fully saturated rings. The van der Waals surface area contributed by atoms with Crippen LogP contribution in [0, 0.1) is 5.92 Å². The summed E-state index contributed by atoms with van der Waals surface area (Å²) in [5, 5.41) is 1.76. The van der Waals surface area contributed by atoms with Gasteiger partial charge in [-0.15, -0.1) is 0 Å². The number of fused-ring (bicyclic) bond motifs is 3. The van der Waals surface area contributed by atoms with E-state index in [2.05, 4.69) is 4.98 Å². The molecular weight excluding hydrogens is 382 g/mol. The standard InChI is InChI=1S/C21H22ClNO3S/c1-21(13-26-2,27(24,25)16-6-4-3-5-7-16)14-10-17-18-12-15(22)8-9-19(18)23-20(17)11-14/h3-9,12,14,23H,10-11,13H2,1-2H3. The molecule has 1 aromatic heterocycles. The number of nitrogens with one attached hydrogen (secondary N) is 1. The minimum atomic E-state index is -3.57. The molecule has 3 aromatic rings. The highest BCUT2D eigenvalue weighted by Gasteiger charge is 2.49. The molecule has 27 heavy (non-hydrogen) atoms. The van der Waals surface area contributed by atoms with Crippen LogP contribution in [0.2, 0.25) is 5.02 Å². The van der Waals surface area contributed by atoms with Gasteiger partial charge in [-0.1, -0.05) is 29.8 Å². The largest absolute Gasteiger partial charge is 0.383 e. The van der Waals surface area contributed by atoms with Crippen LogP contribution in [-0.2, 0) is 27.4 Å². The van der Waals surface area contributed by atoms with Gasteiger partial charge in [-0.05, 0) is 61.6 Å². The molecule has 2 aromatic carbocycles. The van der Waals surface area contributed by atoms with Crippen molar-refractivity contribution in [2.75, 3.05) is 13.7 Å². The smallest absolute Gasteiger partial charge is 0.186 e. The molecule has 1 heterocycles. The van der Waals surface area contributed by atoms with Crippen molar-refractivity contribution in [1.82, 2.24) is 4.98 Å². The van der Waals surface area contributed by atoms with Crippen LogP contribution in [0.1, 0.15) is 18.2 Å². The van der Waals surface area contributed by atoms with Crippen LogP contribution >= 0.6 is 11.6 Å². The average Bonchev–Trinajstić information content (AvgIpc) is 3.21. The predicted octanol–water partition coefficient (Wildman–Crippen LogP) is 4.42. The van der Waals surface area contributed by atoms with Gasteiger partial charge in [-0.25, -0.2) is 8.42 Å². The van der Waals surface area contributed by atoms with E-state index in [-0.39, 0.29) is 12.5 Å². The maximum atomic E-state index is 13.5. The summed E-state index contributed by atoms with van der Waals surface area (Å²) in [5.74, 6) is -0.0766. The van der Waals surface area contributed by atoms with Crippen LogP contribution in [-0.4, -0.2) is 31.9 Å². The van der Waals surface area contributed by atoms with Crippen LogP contribution in [0.15, 0.2) is 53.4 Å². The maximum absolute atomic E-state index is 13.5. The number of sulfone groups is 1. The molecule has 0 amide bonds. The summed E-state index contributed by atoms with van der Waals surface area (Å²) in [6, 6.07) is 14.4. The van der Waals surface area contributed by atoms with Crippen molar-refractivity contribution in [3.8, 4) is 0 Å². The van der Waals surface area contributed by atoms with E-state index in [1.165, 1.54) is 5.56 Å². The molecule has 1 aliphatic rings. The van der Waals surface area contributed by atoms with E-state index >= 15 is 0 Å². The number of aromatic nitrogens is 1. The number of benzene rings is 2. The molecule has 4 nitrogen and oxygen atoms in total. The Labute approximate surface area is 164 Å². The maximum Gasteiger partial charge on any atom is 0.186 e. The van der Waals surface area contributed by atoms with E-state index in [0.717, 1.165) is 16.6 Å². The Morgan fingerprint density at radius 3 is 2.63 bits per heavy atom. The number of halogens is 1. The van der Waals surface area contributed by atoms with E-state index in [0.29, 0.717) is 22.8 Å². The van der Waals surface area contributed by atoms with Crippen LogP contribution in [0.3, 0.4) is 0 Å². The minimum absolute atomic E-state index is 0.0766. The van der Waals surface area contributed by atoms with E-state index in [1.54, 1.807) is 31.4 Å². The topological polar surface area (TPSA) is 59.2 Å². The average molecular weight is 404 g/mol. The van der Waals surface area contributed by atoms with E-state index in [4.69, 9.17) is 16.3 Å². The molecule has 2 unspecified atom stereocenters. The summed E-state index contributed by atoms with van der Waals surface area (Å²) in [5.41, 5.74) is 3.31. The molecule has 1 N–H and O–H groups in total. The zero-order valence-electron chi connectivity index (χ0n) is 15.3. The third-order valence-corrected chi connectivity index (χ3v) is 8.63. The molecule has 0 aliphatic heterocycles. The van der Waals surface area contributed by atoms with Gasteiger partial charge in [0.2, 0.25) is 0 Å². The Bertz CT molecular complexity index is 1090. The highest BCUT2D eigenvalue weighted by atomic mass is 35.5. The molecule has 0 spiro atoms. The summed E-state index contributed by atoms with van der Waals surface area (Å²) < 4.78 is 31.4. The molecule has 4 rings (SSSR count). The molecule has 6 heteroatoms. The first kappa shape index (κ1) is 18.5. The van der Waals surface area contributed by atoms with Crippen molar-refractivity contribution in [1.29, 1.82) is 0 Å². The lowest BCUT2D eigenvalue weighted by molar-refractivity contribution is 0.144. The Hall–Kier alpha value is -1.82. The Morgan fingerprint density at radius 1 is 1.19 bits per heavy atom. The zero-order valence-corrected chi connectivity index (χ0v) is 16.9. The number of rotatable bonds is 5. The van der Waals surface area contributed by atoms with Crippen LogP contribution in [0.25, 0.3) is 10.9 Å². The van der Waals surface area contributed by atoms with Crippen LogP contribution in [0.4, 0.5) is 0 Å². The van der Waals surface area contributed by atoms with Crippen molar-refractivity contribution in [3.05, 3.63) is 64.8 Å². The molecule has 2 atom stereocenters. The second-order valence-corrected chi connectivity index (χ2v) is 10.3. The Kier molecular flexibility index (Phi) is 4.57. The van der Waals surface area contributed by atoms with Crippen molar-refractivity contribution in [2.24, 2.45) is 5.92 Å².